The lowest BCUT2D eigenvalue weighted by molar-refractivity contribution is 0.102. The zero-order valence-electron chi connectivity index (χ0n) is 14.5. The van der Waals surface area contributed by atoms with E-state index in [2.05, 4.69) is 40.7 Å². The lowest BCUT2D eigenvalue weighted by Crippen LogP contribution is -2.15. The van der Waals surface area contributed by atoms with Crippen LogP contribution >= 0.6 is 0 Å². The first-order valence-corrected chi connectivity index (χ1v) is 8.08. The molecule has 0 atom stereocenters. The number of nitrogens with one attached hydrogen (secondary N) is 2. The third-order valence-electron chi connectivity index (χ3n) is 4.16. The number of rotatable bonds is 4. The van der Waals surface area contributed by atoms with Crippen molar-refractivity contribution in [3.8, 4) is 0 Å². The van der Waals surface area contributed by atoms with Crippen molar-refractivity contribution in [1.29, 1.82) is 0 Å². The number of hydrogen-bond donors (Lipinski definition) is 2. The molecule has 1 heterocycles. The van der Waals surface area contributed by atoms with Crippen molar-refractivity contribution in [2.45, 2.75) is 20.8 Å². The van der Waals surface area contributed by atoms with E-state index in [4.69, 9.17) is 0 Å². The molecule has 0 saturated carbocycles. The number of nitrogens with zero attached hydrogens (tertiary/aromatic N) is 2. The molecule has 0 fully saturated rings. The summed E-state index contributed by atoms with van der Waals surface area (Å²) in [4.78, 5) is 12.3. The Kier molecular flexibility index (Phi) is 4.75. The van der Waals surface area contributed by atoms with E-state index in [9.17, 15) is 4.79 Å². The summed E-state index contributed by atoms with van der Waals surface area (Å²) >= 11 is 0. The van der Waals surface area contributed by atoms with Crippen LogP contribution in [0.1, 0.15) is 27.2 Å². The van der Waals surface area contributed by atoms with Gasteiger partial charge in [-0.1, -0.05) is 30.3 Å². The fourth-order valence-corrected chi connectivity index (χ4v) is 2.44. The molecule has 126 valence electrons. The Morgan fingerprint density at radius 2 is 1.52 bits per heavy atom. The molecule has 0 unspecified atom stereocenters. The Labute approximate surface area is 147 Å². The second-order valence-corrected chi connectivity index (χ2v) is 5.95. The first-order chi connectivity index (χ1) is 12.0. The molecule has 0 spiro atoms. The number of aromatic nitrogens is 2. The van der Waals surface area contributed by atoms with E-state index in [1.807, 2.05) is 43.3 Å². The summed E-state index contributed by atoms with van der Waals surface area (Å²) in [6.07, 6.45) is 0. The molecule has 1 amide bonds. The molecule has 2 aromatic carbocycles. The van der Waals surface area contributed by atoms with Gasteiger partial charge >= 0.3 is 0 Å². The Bertz CT molecular complexity index is 904. The van der Waals surface area contributed by atoms with Crippen molar-refractivity contribution in [2.24, 2.45) is 0 Å². The standard InChI is InChI=1S/C20H20N4O/c1-13-8-6-10-17(15(13)3)21-19-12-11-18(23-24-19)20(25)22-16-9-5-4-7-14(16)2/h4-12H,1-3H3,(H,21,24)(H,22,25). The van der Waals surface area contributed by atoms with Crippen LogP contribution in [-0.2, 0) is 0 Å². The lowest BCUT2D eigenvalue weighted by atomic mass is 10.1. The zero-order chi connectivity index (χ0) is 17.8. The van der Waals surface area contributed by atoms with Gasteiger partial charge in [0, 0.05) is 11.4 Å². The Morgan fingerprint density at radius 1 is 0.800 bits per heavy atom. The molecule has 0 radical (unpaired) electrons. The van der Waals surface area contributed by atoms with Gasteiger partial charge in [0.15, 0.2) is 11.5 Å². The second-order valence-electron chi connectivity index (χ2n) is 5.95. The van der Waals surface area contributed by atoms with Crippen LogP contribution in [0, 0.1) is 20.8 Å². The van der Waals surface area contributed by atoms with E-state index in [1.54, 1.807) is 12.1 Å². The summed E-state index contributed by atoms with van der Waals surface area (Å²) in [5.41, 5.74) is 5.38. The highest BCUT2D eigenvalue weighted by Crippen LogP contribution is 2.21. The molecule has 0 aliphatic rings. The predicted octanol–water partition coefficient (Wildman–Crippen LogP) is 4.40. The molecule has 0 bridgehead atoms. The van der Waals surface area contributed by atoms with Crippen molar-refractivity contribution in [3.05, 3.63) is 77.0 Å². The molecule has 3 rings (SSSR count). The summed E-state index contributed by atoms with van der Waals surface area (Å²) in [6.45, 7) is 6.05. The van der Waals surface area contributed by atoms with E-state index in [1.165, 1.54) is 5.56 Å². The second kappa shape index (κ2) is 7.13. The van der Waals surface area contributed by atoms with Crippen LogP contribution in [-0.4, -0.2) is 16.1 Å². The highest BCUT2D eigenvalue weighted by atomic mass is 16.1. The average Bonchev–Trinajstić information content (AvgIpc) is 2.61. The number of benzene rings is 2. The van der Waals surface area contributed by atoms with Crippen LogP contribution in [0.25, 0.3) is 0 Å². The van der Waals surface area contributed by atoms with E-state index >= 15 is 0 Å². The maximum absolute atomic E-state index is 12.3. The maximum atomic E-state index is 12.3. The first kappa shape index (κ1) is 16.6. The van der Waals surface area contributed by atoms with Gasteiger partial charge in [-0.2, -0.15) is 0 Å². The maximum Gasteiger partial charge on any atom is 0.276 e. The minimum atomic E-state index is -0.278. The smallest absolute Gasteiger partial charge is 0.276 e. The van der Waals surface area contributed by atoms with Gasteiger partial charge in [0.1, 0.15) is 0 Å². The quantitative estimate of drug-likeness (QED) is 0.743. The first-order valence-electron chi connectivity index (χ1n) is 8.08. The highest BCUT2D eigenvalue weighted by Gasteiger charge is 2.10. The fourth-order valence-electron chi connectivity index (χ4n) is 2.44. The zero-order valence-corrected chi connectivity index (χ0v) is 14.5. The third-order valence-corrected chi connectivity index (χ3v) is 4.16. The molecule has 0 aliphatic heterocycles. The minimum absolute atomic E-state index is 0.273. The van der Waals surface area contributed by atoms with Gasteiger partial charge < -0.3 is 10.6 Å². The Balaban J connectivity index is 1.73. The topological polar surface area (TPSA) is 66.9 Å². The normalized spacial score (nSPS) is 10.4. The van der Waals surface area contributed by atoms with Crippen molar-refractivity contribution >= 4 is 23.1 Å². The highest BCUT2D eigenvalue weighted by molar-refractivity contribution is 6.03. The van der Waals surface area contributed by atoms with E-state index < -0.39 is 0 Å². The van der Waals surface area contributed by atoms with Gasteiger partial charge in [-0.05, 0) is 61.7 Å². The summed E-state index contributed by atoms with van der Waals surface area (Å²) in [7, 11) is 0. The Hall–Kier alpha value is -3.21. The number of hydrogen-bond acceptors (Lipinski definition) is 4. The summed E-state index contributed by atoms with van der Waals surface area (Å²) in [5, 5.41) is 14.2. The van der Waals surface area contributed by atoms with Gasteiger partial charge in [-0.3, -0.25) is 4.79 Å². The van der Waals surface area contributed by atoms with Crippen molar-refractivity contribution in [1.82, 2.24) is 10.2 Å². The van der Waals surface area contributed by atoms with Crippen LogP contribution in [0.4, 0.5) is 17.2 Å². The number of para-hydroxylation sites is 1. The van der Waals surface area contributed by atoms with Gasteiger partial charge in [-0.25, -0.2) is 0 Å². The molecule has 3 aromatic rings. The van der Waals surface area contributed by atoms with Crippen molar-refractivity contribution in [3.63, 3.8) is 0 Å². The van der Waals surface area contributed by atoms with Gasteiger partial charge in [0.25, 0.3) is 5.91 Å². The van der Waals surface area contributed by atoms with Crippen molar-refractivity contribution in [2.75, 3.05) is 10.6 Å². The molecule has 25 heavy (non-hydrogen) atoms. The van der Waals surface area contributed by atoms with Crippen LogP contribution in [0.5, 0.6) is 0 Å². The number of carbonyl (C=O) groups excluding carboxylic acids is 1. The monoisotopic (exact) mass is 332 g/mol. The lowest BCUT2D eigenvalue weighted by Gasteiger charge is -2.11. The van der Waals surface area contributed by atoms with Crippen molar-refractivity contribution < 1.29 is 4.79 Å². The summed E-state index contributed by atoms with van der Waals surface area (Å²) < 4.78 is 0. The Morgan fingerprint density at radius 3 is 2.24 bits per heavy atom. The molecule has 1 aromatic heterocycles. The molecular formula is C20H20N4O. The van der Waals surface area contributed by atoms with Crippen LogP contribution in [0.2, 0.25) is 0 Å². The summed E-state index contributed by atoms with van der Waals surface area (Å²) in [6, 6.07) is 17.1. The van der Waals surface area contributed by atoms with E-state index in [-0.39, 0.29) is 11.6 Å². The number of anilines is 3. The minimum Gasteiger partial charge on any atom is -0.339 e. The number of carbonyl (C=O) groups is 1. The predicted molar refractivity (Wildman–Crippen MR) is 100 cm³/mol. The van der Waals surface area contributed by atoms with Crippen LogP contribution < -0.4 is 10.6 Å². The summed E-state index contributed by atoms with van der Waals surface area (Å²) in [5.74, 6) is 0.321. The van der Waals surface area contributed by atoms with E-state index in [0.717, 1.165) is 22.5 Å². The van der Waals surface area contributed by atoms with Gasteiger partial charge in [0.05, 0.1) is 0 Å². The molecule has 2 N–H and O–H groups in total. The average molecular weight is 332 g/mol. The third kappa shape index (κ3) is 3.83. The van der Waals surface area contributed by atoms with E-state index in [0.29, 0.717) is 5.82 Å². The molecule has 5 nitrogen and oxygen atoms in total. The molecule has 5 heteroatoms. The largest absolute Gasteiger partial charge is 0.339 e. The fraction of sp³-hybridized carbons (Fsp3) is 0.150. The molecule has 0 aliphatic carbocycles. The molecule has 0 saturated heterocycles. The SMILES string of the molecule is Cc1ccccc1NC(=O)c1ccc(Nc2cccc(C)c2C)nn1. The number of aryl methyl sites for hydroxylation is 2. The van der Waals surface area contributed by atoms with Gasteiger partial charge in [0.2, 0.25) is 0 Å². The molecular weight excluding hydrogens is 312 g/mol. The number of amides is 1. The van der Waals surface area contributed by atoms with Crippen LogP contribution in [0.15, 0.2) is 54.6 Å². The van der Waals surface area contributed by atoms with Gasteiger partial charge in [-0.15, -0.1) is 10.2 Å². The van der Waals surface area contributed by atoms with Crippen LogP contribution in [0.3, 0.4) is 0 Å².